The Morgan fingerprint density at radius 2 is 1.54 bits per heavy atom. The number of aromatic amines is 1. The number of H-pyrrole nitrogens is 1. The molecule has 138 valence electrons. The van der Waals surface area contributed by atoms with Crippen LogP contribution in [0.5, 0.6) is 0 Å². The number of carboxylic acids is 1. The molecule has 0 amide bonds. The summed E-state index contributed by atoms with van der Waals surface area (Å²) in [7, 11) is 0. The number of carbonyl (C=O) groups is 1. The van der Waals surface area contributed by atoms with Crippen LogP contribution in [0.2, 0.25) is 0 Å². The van der Waals surface area contributed by atoms with E-state index in [2.05, 4.69) is 52.8 Å². The smallest absolute Gasteiger partial charge is 0.321 e. The highest BCUT2D eigenvalue weighted by molar-refractivity contribution is 5.87. The molecule has 4 heteroatoms. The third-order valence-electron chi connectivity index (χ3n) is 5.56. The predicted molar refractivity (Wildman–Crippen MR) is 110 cm³/mol. The van der Waals surface area contributed by atoms with Crippen molar-refractivity contribution < 1.29 is 9.90 Å². The molecule has 0 radical (unpaired) electrons. The third-order valence-corrected chi connectivity index (χ3v) is 5.56. The van der Waals surface area contributed by atoms with Gasteiger partial charge in [0.25, 0.3) is 0 Å². The summed E-state index contributed by atoms with van der Waals surface area (Å²) < 4.78 is 0. The van der Waals surface area contributed by atoms with Crippen LogP contribution in [-0.4, -0.2) is 22.1 Å². The molecule has 1 aromatic heterocycles. The van der Waals surface area contributed by atoms with Gasteiger partial charge in [-0.3, -0.25) is 10.1 Å². The number of para-hydroxylation sites is 1. The maximum Gasteiger partial charge on any atom is 0.321 e. The second-order valence-electron chi connectivity index (χ2n) is 7.25. The van der Waals surface area contributed by atoms with Crippen molar-refractivity contribution in [3.8, 4) is 11.1 Å². The quantitative estimate of drug-likeness (QED) is 0.498. The normalized spacial score (nSPS) is 18.7. The number of benzene rings is 3. The molecule has 0 saturated heterocycles. The topological polar surface area (TPSA) is 65.1 Å². The molecular weight excluding hydrogens is 348 g/mol. The minimum absolute atomic E-state index is 0.179. The summed E-state index contributed by atoms with van der Waals surface area (Å²) in [6.45, 7) is 0. The molecule has 2 atom stereocenters. The van der Waals surface area contributed by atoms with Gasteiger partial charge in [0.05, 0.1) is 6.04 Å². The molecule has 3 aromatic carbocycles. The Balaban J connectivity index is 1.58. The molecule has 0 saturated carbocycles. The van der Waals surface area contributed by atoms with Crippen molar-refractivity contribution in [1.82, 2.24) is 10.3 Å². The number of carboxylic acid groups (broad SMARTS) is 1. The Bertz CT molecular complexity index is 1150. The Morgan fingerprint density at radius 1 is 0.857 bits per heavy atom. The lowest BCUT2D eigenvalue weighted by Gasteiger charge is -2.29. The van der Waals surface area contributed by atoms with Crippen LogP contribution in [0, 0.1) is 0 Å². The maximum atomic E-state index is 11.8. The fourth-order valence-corrected chi connectivity index (χ4v) is 4.15. The summed E-state index contributed by atoms with van der Waals surface area (Å²) >= 11 is 0. The van der Waals surface area contributed by atoms with Crippen molar-refractivity contribution in [1.29, 1.82) is 0 Å². The van der Waals surface area contributed by atoms with Crippen LogP contribution < -0.4 is 5.32 Å². The molecule has 0 aliphatic carbocycles. The average Bonchev–Trinajstić information content (AvgIpc) is 3.12. The average molecular weight is 368 g/mol. The fraction of sp³-hybridized carbons (Fsp3) is 0.125. The van der Waals surface area contributed by atoms with E-state index < -0.39 is 12.0 Å². The largest absolute Gasteiger partial charge is 0.480 e. The maximum absolute atomic E-state index is 11.8. The van der Waals surface area contributed by atoms with E-state index in [1.54, 1.807) is 0 Å². The van der Waals surface area contributed by atoms with E-state index in [-0.39, 0.29) is 6.04 Å². The summed E-state index contributed by atoms with van der Waals surface area (Å²) in [5, 5.41) is 14.1. The molecule has 4 aromatic rings. The highest BCUT2D eigenvalue weighted by Gasteiger charge is 2.33. The van der Waals surface area contributed by atoms with Crippen LogP contribution in [0.3, 0.4) is 0 Å². The summed E-state index contributed by atoms with van der Waals surface area (Å²) in [6, 6.07) is 25.9. The predicted octanol–water partition coefficient (Wildman–Crippen LogP) is 4.52. The van der Waals surface area contributed by atoms with Gasteiger partial charge in [-0.2, -0.15) is 0 Å². The van der Waals surface area contributed by atoms with Gasteiger partial charge in [0.1, 0.15) is 6.04 Å². The number of hydrogen-bond acceptors (Lipinski definition) is 2. The van der Waals surface area contributed by atoms with E-state index in [9.17, 15) is 9.90 Å². The number of nitrogens with one attached hydrogen (secondary N) is 2. The number of aromatic nitrogens is 1. The van der Waals surface area contributed by atoms with Crippen molar-refractivity contribution in [2.45, 2.75) is 18.5 Å². The van der Waals surface area contributed by atoms with E-state index in [4.69, 9.17) is 0 Å². The number of rotatable bonds is 3. The van der Waals surface area contributed by atoms with Crippen LogP contribution in [-0.2, 0) is 11.2 Å². The van der Waals surface area contributed by atoms with Crippen molar-refractivity contribution >= 4 is 16.9 Å². The van der Waals surface area contributed by atoms with Gasteiger partial charge in [-0.15, -0.1) is 0 Å². The first kappa shape index (κ1) is 16.8. The molecule has 0 bridgehead atoms. The minimum atomic E-state index is -0.818. The van der Waals surface area contributed by atoms with Crippen LogP contribution in [0.4, 0.5) is 0 Å². The Morgan fingerprint density at radius 3 is 2.29 bits per heavy atom. The summed E-state index contributed by atoms with van der Waals surface area (Å²) in [4.78, 5) is 15.3. The van der Waals surface area contributed by atoms with Crippen molar-refractivity contribution in [2.75, 3.05) is 0 Å². The van der Waals surface area contributed by atoms with Crippen molar-refractivity contribution in [3.63, 3.8) is 0 Å². The van der Waals surface area contributed by atoms with Gasteiger partial charge in [0.15, 0.2) is 0 Å². The Kier molecular flexibility index (Phi) is 3.99. The third kappa shape index (κ3) is 2.79. The lowest BCUT2D eigenvalue weighted by molar-refractivity contribution is -0.139. The Labute approximate surface area is 162 Å². The molecule has 1 aliphatic rings. The van der Waals surface area contributed by atoms with Gasteiger partial charge in [0.2, 0.25) is 0 Å². The van der Waals surface area contributed by atoms with Crippen LogP contribution in [0.15, 0.2) is 78.9 Å². The number of hydrogen-bond donors (Lipinski definition) is 3. The van der Waals surface area contributed by atoms with Crippen LogP contribution in [0.25, 0.3) is 22.0 Å². The number of aliphatic carboxylic acids is 1. The molecule has 1 aliphatic heterocycles. The minimum Gasteiger partial charge on any atom is -0.480 e. The van der Waals surface area contributed by atoms with E-state index in [0.29, 0.717) is 6.42 Å². The molecule has 4 nitrogen and oxygen atoms in total. The summed E-state index contributed by atoms with van der Waals surface area (Å²) in [5.74, 6) is -0.818. The molecule has 2 unspecified atom stereocenters. The van der Waals surface area contributed by atoms with Crippen molar-refractivity contribution in [3.05, 3.63) is 95.7 Å². The summed E-state index contributed by atoms with van der Waals surface area (Å²) in [6.07, 6.45) is 0.479. The van der Waals surface area contributed by atoms with Crippen LogP contribution >= 0.6 is 0 Å². The zero-order chi connectivity index (χ0) is 19.1. The highest BCUT2D eigenvalue weighted by Crippen LogP contribution is 2.35. The molecular formula is C24H20N2O2. The molecule has 28 heavy (non-hydrogen) atoms. The van der Waals surface area contributed by atoms with Gasteiger partial charge >= 0.3 is 5.97 Å². The second kappa shape index (κ2) is 6.66. The van der Waals surface area contributed by atoms with Gasteiger partial charge < -0.3 is 10.1 Å². The van der Waals surface area contributed by atoms with Gasteiger partial charge in [-0.25, -0.2) is 0 Å². The van der Waals surface area contributed by atoms with E-state index in [1.807, 2.05) is 36.4 Å². The van der Waals surface area contributed by atoms with E-state index in [0.717, 1.165) is 33.3 Å². The van der Waals surface area contributed by atoms with Gasteiger partial charge in [-0.05, 0) is 28.3 Å². The highest BCUT2D eigenvalue weighted by atomic mass is 16.4. The lowest BCUT2D eigenvalue weighted by atomic mass is 9.89. The van der Waals surface area contributed by atoms with E-state index in [1.165, 1.54) is 5.56 Å². The first-order chi connectivity index (χ1) is 13.7. The first-order valence-corrected chi connectivity index (χ1v) is 9.44. The standard InChI is InChI=1S/C24H20N2O2/c27-24(28)21-14-19-18-8-4-5-9-20(18)25-23(19)22(26-21)17-12-10-16(11-13-17)15-6-2-1-3-7-15/h1-13,21-22,25-26H,14H2,(H,27,28). The zero-order valence-corrected chi connectivity index (χ0v) is 15.2. The zero-order valence-electron chi connectivity index (χ0n) is 15.2. The molecule has 3 N–H and O–H groups in total. The number of fused-ring (bicyclic) bond motifs is 3. The Hall–Kier alpha value is -3.37. The molecule has 0 fully saturated rings. The van der Waals surface area contributed by atoms with E-state index >= 15 is 0 Å². The van der Waals surface area contributed by atoms with Gasteiger partial charge in [0, 0.05) is 23.0 Å². The molecule has 5 rings (SSSR count). The second-order valence-corrected chi connectivity index (χ2v) is 7.25. The first-order valence-electron chi connectivity index (χ1n) is 9.44. The lowest BCUT2D eigenvalue weighted by Crippen LogP contribution is -2.44. The van der Waals surface area contributed by atoms with Gasteiger partial charge in [-0.1, -0.05) is 72.8 Å². The fourth-order valence-electron chi connectivity index (χ4n) is 4.15. The SMILES string of the molecule is O=C(O)C1Cc2c([nH]c3ccccc23)C(c2ccc(-c3ccccc3)cc2)N1. The monoisotopic (exact) mass is 368 g/mol. The van der Waals surface area contributed by atoms with Crippen molar-refractivity contribution in [2.24, 2.45) is 0 Å². The molecule has 2 heterocycles. The molecule has 0 spiro atoms. The van der Waals surface area contributed by atoms with Crippen LogP contribution in [0.1, 0.15) is 22.9 Å². The summed E-state index contributed by atoms with van der Waals surface area (Å²) in [5.41, 5.74) is 6.57.